The fourth-order valence-electron chi connectivity index (χ4n) is 1.74. The number of nitrogens with zero attached hydrogens (tertiary/aromatic N) is 1. The number of rotatable bonds is 1. The van der Waals surface area contributed by atoms with E-state index >= 15 is 0 Å². The molecule has 7 nitrogen and oxygen atoms in total. The molecule has 0 spiro atoms. The third-order valence-electron chi connectivity index (χ3n) is 2.41. The number of carbonyl (C=O) groups excluding carboxylic acids is 2. The van der Waals surface area contributed by atoms with Crippen molar-refractivity contribution in [2.45, 2.75) is 44.9 Å². The van der Waals surface area contributed by atoms with Gasteiger partial charge in [0, 0.05) is 12.6 Å². The zero-order valence-corrected chi connectivity index (χ0v) is 12.8. The summed E-state index contributed by atoms with van der Waals surface area (Å²) in [6.45, 7) is 5.59. The van der Waals surface area contributed by atoms with E-state index in [1.165, 1.54) is 4.90 Å². The summed E-state index contributed by atoms with van der Waals surface area (Å²) in [6.07, 6.45) is -0.151. The van der Waals surface area contributed by atoms with Crippen LogP contribution in [0.25, 0.3) is 0 Å². The second kappa shape index (κ2) is 7.74. The average Bonchev–Trinajstić information content (AvgIpc) is 2.56. The van der Waals surface area contributed by atoms with Crippen LogP contribution in [0.4, 0.5) is 4.79 Å². The molecule has 1 aliphatic heterocycles. The van der Waals surface area contributed by atoms with Crippen LogP contribution in [0.2, 0.25) is 0 Å². The van der Waals surface area contributed by atoms with Gasteiger partial charge in [0.2, 0.25) is 0 Å². The maximum atomic E-state index is 11.9. The van der Waals surface area contributed by atoms with Gasteiger partial charge in [-0.3, -0.25) is 15.1 Å². The number of hydrazine groups is 1. The summed E-state index contributed by atoms with van der Waals surface area (Å²) in [7, 11) is 0. The van der Waals surface area contributed by atoms with Crippen LogP contribution in [0.1, 0.15) is 27.2 Å². The number of nitrogens with two attached hydrogens (primary N) is 2. The van der Waals surface area contributed by atoms with Gasteiger partial charge in [0.15, 0.2) is 0 Å². The average molecular weight is 317 g/mol. The molecule has 0 radical (unpaired) electrons. The molecule has 1 aliphatic rings. The van der Waals surface area contributed by atoms with Crippen molar-refractivity contribution in [3.63, 3.8) is 0 Å². The van der Waals surface area contributed by atoms with Crippen LogP contribution in [-0.2, 0) is 9.53 Å². The van der Waals surface area contributed by atoms with E-state index in [1.54, 1.807) is 20.8 Å². The third-order valence-corrected chi connectivity index (χ3v) is 2.41. The lowest BCUT2D eigenvalue weighted by Crippen LogP contribution is -2.49. The van der Waals surface area contributed by atoms with Gasteiger partial charge >= 0.3 is 6.09 Å². The first-order chi connectivity index (χ1) is 7.74. The Bertz CT molecular complexity index is 322. The molecule has 0 aromatic carbocycles. The Kier molecular flexibility index (Phi) is 8.37. The van der Waals surface area contributed by atoms with E-state index in [0.29, 0.717) is 13.0 Å². The van der Waals surface area contributed by atoms with E-state index in [4.69, 9.17) is 16.3 Å². The SMILES string of the molecule is CC(C)(C)OC(=O)N1C[C@@H](N)C[C@H]1C(=O)NN.Cl.Cl. The second-order valence-corrected chi connectivity index (χ2v) is 5.15. The summed E-state index contributed by atoms with van der Waals surface area (Å²) in [6, 6.07) is -0.880. The van der Waals surface area contributed by atoms with Gasteiger partial charge in [-0.05, 0) is 27.2 Å². The number of ether oxygens (including phenoxy) is 1. The molecule has 1 fully saturated rings. The minimum Gasteiger partial charge on any atom is -0.444 e. The second-order valence-electron chi connectivity index (χ2n) is 5.15. The Morgan fingerprint density at radius 2 is 1.84 bits per heavy atom. The normalized spacial score (nSPS) is 22.1. The molecule has 0 saturated carbocycles. The topological polar surface area (TPSA) is 111 Å². The molecule has 0 aliphatic carbocycles. The molecule has 0 unspecified atom stereocenters. The maximum absolute atomic E-state index is 11.9. The maximum Gasteiger partial charge on any atom is 0.411 e. The van der Waals surface area contributed by atoms with Gasteiger partial charge in [0.25, 0.3) is 5.91 Å². The summed E-state index contributed by atoms with van der Waals surface area (Å²) < 4.78 is 5.21. The largest absolute Gasteiger partial charge is 0.444 e. The minimum absolute atomic E-state index is 0. The molecule has 19 heavy (non-hydrogen) atoms. The highest BCUT2D eigenvalue weighted by molar-refractivity contribution is 5.86. The van der Waals surface area contributed by atoms with Crippen molar-refractivity contribution in [1.29, 1.82) is 0 Å². The molecule has 2 atom stereocenters. The van der Waals surface area contributed by atoms with Crippen LogP contribution in [-0.4, -0.2) is 41.1 Å². The van der Waals surface area contributed by atoms with Crippen molar-refractivity contribution < 1.29 is 14.3 Å². The number of likely N-dealkylation sites (tertiary alicyclic amines) is 1. The number of hydrogen-bond donors (Lipinski definition) is 3. The molecule has 1 rings (SSSR count). The lowest BCUT2D eigenvalue weighted by Gasteiger charge is -2.27. The monoisotopic (exact) mass is 316 g/mol. The Morgan fingerprint density at radius 1 is 1.32 bits per heavy atom. The third kappa shape index (κ3) is 5.82. The molecule has 1 saturated heterocycles. The summed E-state index contributed by atoms with van der Waals surface area (Å²) in [5.74, 6) is 4.64. The van der Waals surface area contributed by atoms with Crippen molar-refractivity contribution in [1.82, 2.24) is 10.3 Å². The van der Waals surface area contributed by atoms with Crippen LogP contribution in [0.15, 0.2) is 0 Å². The van der Waals surface area contributed by atoms with Crippen LogP contribution in [0, 0.1) is 0 Å². The van der Waals surface area contributed by atoms with Gasteiger partial charge in [-0.25, -0.2) is 10.6 Å². The van der Waals surface area contributed by atoms with E-state index in [0.717, 1.165) is 0 Å². The van der Waals surface area contributed by atoms with E-state index < -0.39 is 23.6 Å². The fraction of sp³-hybridized carbons (Fsp3) is 0.800. The van der Waals surface area contributed by atoms with Crippen LogP contribution in [0.5, 0.6) is 0 Å². The zero-order valence-electron chi connectivity index (χ0n) is 11.2. The summed E-state index contributed by atoms with van der Waals surface area (Å²) in [4.78, 5) is 24.7. The molecule has 0 bridgehead atoms. The Hall–Kier alpha value is -0.760. The van der Waals surface area contributed by atoms with E-state index in [1.807, 2.05) is 5.43 Å². The Morgan fingerprint density at radius 3 is 2.26 bits per heavy atom. The quantitative estimate of drug-likeness (QED) is 0.362. The fourth-order valence-corrected chi connectivity index (χ4v) is 1.74. The summed E-state index contributed by atoms with van der Waals surface area (Å²) in [5.41, 5.74) is 7.17. The number of carbonyl (C=O) groups is 2. The molecular weight excluding hydrogens is 295 g/mol. The predicted octanol–water partition coefficient (Wildman–Crippen LogP) is 0.157. The number of hydrogen-bond acceptors (Lipinski definition) is 5. The van der Waals surface area contributed by atoms with Gasteiger partial charge in [0.05, 0.1) is 0 Å². The molecule has 1 heterocycles. The zero-order chi connectivity index (χ0) is 13.2. The lowest BCUT2D eigenvalue weighted by atomic mass is 10.2. The van der Waals surface area contributed by atoms with E-state index in [-0.39, 0.29) is 30.9 Å². The summed E-state index contributed by atoms with van der Waals surface area (Å²) in [5, 5.41) is 0. The highest BCUT2D eigenvalue weighted by atomic mass is 35.5. The molecule has 5 N–H and O–H groups in total. The van der Waals surface area contributed by atoms with Crippen molar-refractivity contribution in [2.24, 2.45) is 11.6 Å². The molecule has 0 aromatic rings. The predicted molar refractivity (Wildman–Crippen MR) is 76.1 cm³/mol. The standard InChI is InChI=1S/C10H20N4O3.2ClH/c1-10(2,3)17-9(16)14-5-6(11)4-7(14)8(15)13-12;;/h6-7H,4-5,11-12H2,1-3H3,(H,13,15);2*1H/t6-,7-;;/m0../s1. The number of halogens is 2. The van der Waals surface area contributed by atoms with Gasteiger partial charge in [0.1, 0.15) is 11.6 Å². The first-order valence-electron chi connectivity index (χ1n) is 5.50. The molecule has 2 amide bonds. The van der Waals surface area contributed by atoms with Gasteiger partial charge in [-0.15, -0.1) is 24.8 Å². The molecule has 0 aromatic heterocycles. The van der Waals surface area contributed by atoms with Gasteiger partial charge in [-0.2, -0.15) is 0 Å². The first-order valence-corrected chi connectivity index (χ1v) is 5.50. The highest BCUT2D eigenvalue weighted by Gasteiger charge is 2.39. The molecule has 9 heteroatoms. The van der Waals surface area contributed by atoms with Crippen molar-refractivity contribution in [3.05, 3.63) is 0 Å². The van der Waals surface area contributed by atoms with Crippen molar-refractivity contribution >= 4 is 36.8 Å². The highest BCUT2D eigenvalue weighted by Crippen LogP contribution is 2.20. The summed E-state index contributed by atoms with van der Waals surface area (Å²) >= 11 is 0. The van der Waals surface area contributed by atoms with Crippen LogP contribution >= 0.6 is 24.8 Å². The lowest BCUT2D eigenvalue weighted by molar-refractivity contribution is -0.125. The van der Waals surface area contributed by atoms with E-state index in [2.05, 4.69) is 0 Å². The molecule has 114 valence electrons. The Balaban J connectivity index is 0. The first kappa shape index (κ1) is 20.6. The van der Waals surface area contributed by atoms with Crippen LogP contribution in [0.3, 0.4) is 0 Å². The number of nitrogens with one attached hydrogen (secondary N) is 1. The number of amides is 2. The minimum atomic E-state index is -0.648. The van der Waals surface area contributed by atoms with Crippen LogP contribution < -0.4 is 17.0 Å². The smallest absolute Gasteiger partial charge is 0.411 e. The van der Waals surface area contributed by atoms with Crippen molar-refractivity contribution in [3.8, 4) is 0 Å². The van der Waals surface area contributed by atoms with Gasteiger partial charge in [-0.1, -0.05) is 0 Å². The Labute approximate surface area is 125 Å². The van der Waals surface area contributed by atoms with E-state index in [9.17, 15) is 9.59 Å². The van der Waals surface area contributed by atoms with Gasteiger partial charge < -0.3 is 10.5 Å². The van der Waals surface area contributed by atoms with Crippen molar-refractivity contribution in [2.75, 3.05) is 6.54 Å². The molecular formula is C10H22Cl2N4O3.